The van der Waals surface area contributed by atoms with Crippen molar-refractivity contribution in [3.05, 3.63) is 64.1 Å². The van der Waals surface area contributed by atoms with E-state index in [2.05, 4.69) is 5.16 Å². The van der Waals surface area contributed by atoms with E-state index in [1.54, 1.807) is 50.2 Å². The highest BCUT2D eigenvalue weighted by Gasteiger charge is 2.34. The molecule has 2 rings (SSSR count). The topological polar surface area (TPSA) is 83.4 Å². The summed E-state index contributed by atoms with van der Waals surface area (Å²) in [6.07, 6.45) is 0. The zero-order valence-corrected chi connectivity index (χ0v) is 18.2. The number of carbonyl (C=O) groups excluding carboxylic acids is 1. The molecule has 0 unspecified atom stereocenters. The van der Waals surface area contributed by atoms with Crippen molar-refractivity contribution in [3.8, 4) is 5.75 Å². The van der Waals surface area contributed by atoms with E-state index >= 15 is 0 Å². The lowest BCUT2D eigenvalue weighted by molar-refractivity contribution is -0.145. The second-order valence-electron chi connectivity index (χ2n) is 5.44. The van der Waals surface area contributed by atoms with Crippen LogP contribution in [-0.4, -0.2) is 31.2 Å². The van der Waals surface area contributed by atoms with Gasteiger partial charge in [0.1, 0.15) is 5.75 Å². The zero-order chi connectivity index (χ0) is 21.3. The molecule has 0 heterocycles. The Morgan fingerprint density at radius 3 is 2.28 bits per heavy atom. The molecule has 0 N–H and O–H groups in total. The van der Waals surface area contributed by atoms with Gasteiger partial charge in [0, 0.05) is 10.6 Å². The van der Waals surface area contributed by atoms with Gasteiger partial charge in [0.15, 0.2) is 12.1 Å². The standard InChI is InChI=1S/C19H20Cl2NO6P/c1-3-26-29(24,27-4-2)19(14-8-6-5-7-9-14)22-28-18(23)13-25-17-11-10-15(20)12-16(17)21/h5-12H,3-4,13H2,1-2H3. The Morgan fingerprint density at radius 2 is 1.69 bits per heavy atom. The monoisotopic (exact) mass is 459 g/mol. The fourth-order valence-corrected chi connectivity index (χ4v) is 4.27. The maximum Gasteiger partial charge on any atom is 0.383 e. The third kappa shape index (κ3) is 6.84. The number of hydrogen-bond donors (Lipinski definition) is 0. The number of oxime groups is 1. The Balaban J connectivity index is 2.18. The average molecular weight is 460 g/mol. The first kappa shape index (κ1) is 23.4. The number of rotatable bonds is 10. The molecular weight excluding hydrogens is 440 g/mol. The van der Waals surface area contributed by atoms with E-state index in [4.69, 9.17) is 41.8 Å². The third-order valence-corrected chi connectivity index (χ3v) is 5.95. The predicted molar refractivity (Wildman–Crippen MR) is 112 cm³/mol. The second kappa shape index (κ2) is 11.3. The van der Waals surface area contributed by atoms with Crippen LogP contribution in [0.5, 0.6) is 5.75 Å². The van der Waals surface area contributed by atoms with Crippen LogP contribution in [0.1, 0.15) is 19.4 Å². The van der Waals surface area contributed by atoms with E-state index in [1.165, 1.54) is 12.1 Å². The van der Waals surface area contributed by atoms with Gasteiger partial charge in [-0.05, 0) is 32.0 Å². The summed E-state index contributed by atoms with van der Waals surface area (Å²) in [7, 11) is -3.80. The lowest BCUT2D eigenvalue weighted by Gasteiger charge is -2.18. The molecule has 0 fully saturated rings. The summed E-state index contributed by atoms with van der Waals surface area (Å²) in [5.74, 6) is -0.571. The first-order valence-electron chi connectivity index (χ1n) is 8.70. The van der Waals surface area contributed by atoms with E-state index in [0.717, 1.165) is 0 Å². The number of halogens is 2. The fraction of sp³-hybridized carbons (Fsp3) is 0.263. The molecule has 0 aliphatic rings. The molecule has 2 aromatic rings. The highest BCUT2D eigenvalue weighted by molar-refractivity contribution is 7.73. The van der Waals surface area contributed by atoms with Gasteiger partial charge in [0.2, 0.25) is 0 Å². The van der Waals surface area contributed by atoms with Gasteiger partial charge < -0.3 is 18.6 Å². The van der Waals surface area contributed by atoms with Gasteiger partial charge >= 0.3 is 13.6 Å². The first-order valence-corrected chi connectivity index (χ1v) is 11.0. The van der Waals surface area contributed by atoms with Gasteiger partial charge in [-0.25, -0.2) is 4.79 Å². The molecule has 0 radical (unpaired) electrons. The van der Waals surface area contributed by atoms with Gasteiger partial charge in [0.25, 0.3) is 0 Å². The Hall–Kier alpha value is -1.89. The molecule has 2 aromatic carbocycles. The molecule has 10 heteroatoms. The Bertz CT molecular complexity index is 897. The van der Waals surface area contributed by atoms with Gasteiger partial charge in [0.05, 0.1) is 18.2 Å². The third-order valence-electron chi connectivity index (χ3n) is 3.36. The van der Waals surface area contributed by atoms with Crippen molar-refractivity contribution in [2.75, 3.05) is 19.8 Å². The fourth-order valence-electron chi connectivity index (χ4n) is 2.20. The van der Waals surface area contributed by atoms with Crippen molar-refractivity contribution in [1.82, 2.24) is 0 Å². The molecule has 0 aliphatic carbocycles. The average Bonchev–Trinajstić information content (AvgIpc) is 2.68. The van der Waals surface area contributed by atoms with Crippen LogP contribution in [0.3, 0.4) is 0 Å². The minimum absolute atomic E-state index is 0.111. The van der Waals surface area contributed by atoms with Crippen LogP contribution in [0.2, 0.25) is 10.0 Å². The van der Waals surface area contributed by atoms with Crippen molar-refractivity contribution < 1.29 is 28.0 Å². The first-order chi connectivity index (χ1) is 13.9. The molecule has 7 nitrogen and oxygen atoms in total. The smallest absolute Gasteiger partial charge is 0.383 e. The molecule has 156 valence electrons. The van der Waals surface area contributed by atoms with Crippen LogP contribution < -0.4 is 4.74 Å². The van der Waals surface area contributed by atoms with Crippen molar-refractivity contribution in [2.45, 2.75) is 13.8 Å². The van der Waals surface area contributed by atoms with Gasteiger partial charge in [-0.15, -0.1) is 0 Å². The number of nitrogens with zero attached hydrogens (tertiary/aromatic N) is 1. The van der Waals surface area contributed by atoms with Gasteiger partial charge in [-0.1, -0.05) is 58.7 Å². The van der Waals surface area contributed by atoms with Gasteiger partial charge in [-0.2, -0.15) is 0 Å². The van der Waals surface area contributed by atoms with E-state index in [-0.39, 0.29) is 29.4 Å². The molecule has 0 amide bonds. The van der Waals surface area contributed by atoms with E-state index in [1.807, 2.05) is 0 Å². The molecule has 0 aromatic heterocycles. The van der Waals surface area contributed by atoms with Crippen molar-refractivity contribution in [3.63, 3.8) is 0 Å². The molecule has 0 saturated heterocycles. The predicted octanol–water partition coefficient (Wildman–Crippen LogP) is 5.54. The van der Waals surface area contributed by atoms with Crippen molar-refractivity contribution in [2.24, 2.45) is 5.16 Å². The summed E-state index contributed by atoms with van der Waals surface area (Å²) in [6, 6.07) is 13.1. The Kier molecular flexibility index (Phi) is 9.14. The SMILES string of the molecule is CCOP(=O)(OCC)C(=NOC(=O)COc1ccc(Cl)cc1Cl)c1ccccc1. The van der Waals surface area contributed by atoms with Gasteiger partial charge in [-0.3, -0.25) is 4.57 Å². The quantitative estimate of drug-likeness (QED) is 0.200. The van der Waals surface area contributed by atoms with Crippen LogP contribution in [0.15, 0.2) is 53.7 Å². The van der Waals surface area contributed by atoms with Crippen LogP contribution in [0, 0.1) is 0 Å². The number of hydrogen-bond acceptors (Lipinski definition) is 7. The summed E-state index contributed by atoms with van der Waals surface area (Å²) in [4.78, 5) is 17.0. The lowest BCUT2D eigenvalue weighted by Crippen LogP contribution is -2.15. The number of benzene rings is 2. The molecule has 0 aliphatic heterocycles. The summed E-state index contributed by atoms with van der Waals surface area (Å²) < 4.78 is 29.1. The van der Waals surface area contributed by atoms with Crippen LogP contribution >= 0.6 is 30.8 Å². The molecule has 0 saturated carbocycles. The molecule has 0 bridgehead atoms. The minimum Gasteiger partial charge on any atom is -0.480 e. The summed E-state index contributed by atoms with van der Waals surface area (Å²) >= 11 is 11.8. The van der Waals surface area contributed by atoms with E-state index < -0.39 is 20.2 Å². The highest BCUT2D eigenvalue weighted by atomic mass is 35.5. The van der Waals surface area contributed by atoms with Crippen molar-refractivity contribution >= 4 is 42.2 Å². The summed E-state index contributed by atoms with van der Waals surface area (Å²) in [6.45, 7) is 3.11. The van der Waals surface area contributed by atoms with Crippen LogP contribution in [0.25, 0.3) is 0 Å². The number of carbonyl (C=O) groups is 1. The zero-order valence-electron chi connectivity index (χ0n) is 15.8. The Labute approximate surface area is 179 Å². The van der Waals surface area contributed by atoms with Crippen LogP contribution in [0.4, 0.5) is 0 Å². The largest absolute Gasteiger partial charge is 0.480 e. The highest BCUT2D eigenvalue weighted by Crippen LogP contribution is 2.51. The minimum atomic E-state index is -3.80. The second-order valence-corrected chi connectivity index (χ2v) is 8.22. The Morgan fingerprint density at radius 1 is 1.03 bits per heavy atom. The normalized spacial score (nSPS) is 11.9. The maximum atomic E-state index is 13.2. The van der Waals surface area contributed by atoms with E-state index in [9.17, 15) is 9.36 Å². The van der Waals surface area contributed by atoms with Crippen LogP contribution in [-0.2, 0) is 23.2 Å². The molecule has 0 atom stereocenters. The maximum absolute atomic E-state index is 13.2. The lowest BCUT2D eigenvalue weighted by atomic mass is 10.2. The number of ether oxygens (including phenoxy) is 1. The molecule has 0 spiro atoms. The summed E-state index contributed by atoms with van der Waals surface area (Å²) in [5, 5.41) is 4.45. The van der Waals surface area contributed by atoms with Crippen molar-refractivity contribution in [1.29, 1.82) is 0 Å². The van der Waals surface area contributed by atoms with E-state index in [0.29, 0.717) is 10.6 Å². The summed E-state index contributed by atoms with van der Waals surface area (Å²) in [5.41, 5.74) is 0.326. The molecule has 29 heavy (non-hydrogen) atoms. The molecular formula is C19H20Cl2NO6P.